The van der Waals surface area contributed by atoms with Crippen LogP contribution in [0.3, 0.4) is 0 Å². The molecule has 1 unspecified atom stereocenters. The third-order valence-corrected chi connectivity index (χ3v) is 4.41. The minimum absolute atomic E-state index is 0.132. The van der Waals surface area contributed by atoms with Crippen molar-refractivity contribution in [2.45, 2.75) is 25.8 Å². The van der Waals surface area contributed by atoms with E-state index >= 15 is 0 Å². The van der Waals surface area contributed by atoms with Crippen LogP contribution in [-0.2, 0) is 13.6 Å². The highest BCUT2D eigenvalue weighted by Crippen LogP contribution is 2.27. The highest BCUT2D eigenvalue weighted by molar-refractivity contribution is 14.1. The molecule has 0 aliphatic carbocycles. The molecule has 3 rings (SSSR count). The molecule has 3 aromatic rings. The van der Waals surface area contributed by atoms with Gasteiger partial charge in [0.1, 0.15) is 5.82 Å². The predicted molar refractivity (Wildman–Crippen MR) is 93.8 cm³/mol. The van der Waals surface area contributed by atoms with Crippen molar-refractivity contribution in [2.24, 2.45) is 7.05 Å². The molecule has 0 N–H and O–H groups in total. The Hall–Kier alpha value is -1.08. The van der Waals surface area contributed by atoms with Gasteiger partial charge in [-0.3, -0.25) is 4.68 Å². The minimum atomic E-state index is -0.132. The number of rotatable bonds is 3. The second kappa shape index (κ2) is 5.61. The Morgan fingerprint density at radius 3 is 2.76 bits per heavy atom. The first-order chi connectivity index (χ1) is 9.95. The Labute approximate surface area is 142 Å². The summed E-state index contributed by atoms with van der Waals surface area (Å²) in [5.74, 6) is 0.900. The fraction of sp³-hybridized carbons (Fsp3) is 0.333. The van der Waals surface area contributed by atoms with Crippen molar-refractivity contribution in [1.82, 2.24) is 19.3 Å². The van der Waals surface area contributed by atoms with Crippen LogP contribution in [0.15, 0.2) is 24.4 Å². The van der Waals surface area contributed by atoms with E-state index in [0.717, 1.165) is 29.1 Å². The summed E-state index contributed by atoms with van der Waals surface area (Å²) in [5, 5.41) is 4.28. The van der Waals surface area contributed by atoms with Crippen molar-refractivity contribution < 1.29 is 0 Å². The summed E-state index contributed by atoms with van der Waals surface area (Å²) in [4.78, 5) is 4.70. The number of fused-ring (bicyclic) bond motifs is 1. The number of benzene rings is 1. The summed E-state index contributed by atoms with van der Waals surface area (Å²) in [6.07, 6.45) is 2.05. The third-order valence-electron chi connectivity index (χ3n) is 3.54. The number of imidazole rings is 1. The van der Waals surface area contributed by atoms with Gasteiger partial charge in [0.05, 0.1) is 28.6 Å². The monoisotopic (exact) mass is 414 g/mol. The van der Waals surface area contributed by atoms with Crippen molar-refractivity contribution in [2.75, 3.05) is 0 Å². The summed E-state index contributed by atoms with van der Waals surface area (Å²) in [6, 6.07) is 6.30. The molecule has 0 amide bonds. The highest BCUT2D eigenvalue weighted by atomic mass is 127. The van der Waals surface area contributed by atoms with Crippen LogP contribution in [0.2, 0.25) is 0 Å². The van der Waals surface area contributed by atoms with E-state index in [1.807, 2.05) is 25.6 Å². The summed E-state index contributed by atoms with van der Waals surface area (Å²) >= 11 is 8.63. The molecule has 4 nitrogen and oxygen atoms in total. The fourth-order valence-corrected chi connectivity index (χ4v) is 3.21. The molecule has 0 spiro atoms. The Morgan fingerprint density at radius 1 is 1.38 bits per heavy atom. The molecular formula is C15H16ClIN4. The van der Waals surface area contributed by atoms with Crippen molar-refractivity contribution >= 4 is 45.2 Å². The molecule has 0 saturated carbocycles. The van der Waals surface area contributed by atoms with Crippen LogP contribution < -0.4 is 0 Å². The summed E-state index contributed by atoms with van der Waals surface area (Å²) in [6.45, 7) is 4.73. The minimum Gasteiger partial charge on any atom is -0.322 e. The van der Waals surface area contributed by atoms with Gasteiger partial charge in [0.2, 0.25) is 0 Å². The molecule has 2 aromatic heterocycles. The molecule has 0 radical (unpaired) electrons. The van der Waals surface area contributed by atoms with Gasteiger partial charge in [0.15, 0.2) is 0 Å². The van der Waals surface area contributed by atoms with E-state index < -0.39 is 0 Å². The van der Waals surface area contributed by atoms with Crippen LogP contribution >= 0.6 is 34.2 Å². The normalized spacial score (nSPS) is 13.0. The Balaban J connectivity index is 2.15. The van der Waals surface area contributed by atoms with Gasteiger partial charge in [-0.1, -0.05) is 0 Å². The lowest BCUT2D eigenvalue weighted by atomic mass is 10.2. The van der Waals surface area contributed by atoms with E-state index in [2.05, 4.69) is 56.7 Å². The number of nitrogens with zero attached hydrogens (tertiary/aromatic N) is 4. The average Bonchev–Trinajstić information content (AvgIpc) is 2.90. The predicted octanol–water partition coefficient (Wildman–Crippen LogP) is 4.03. The van der Waals surface area contributed by atoms with Crippen molar-refractivity contribution in [3.05, 3.63) is 45.0 Å². The van der Waals surface area contributed by atoms with Gasteiger partial charge in [0.25, 0.3) is 0 Å². The number of aryl methyl sites for hydroxylation is 2. The van der Waals surface area contributed by atoms with Crippen molar-refractivity contribution in [1.29, 1.82) is 0 Å². The van der Waals surface area contributed by atoms with Crippen LogP contribution in [0, 0.1) is 10.5 Å². The van der Waals surface area contributed by atoms with Gasteiger partial charge in [-0.15, -0.1) is 11.6 Å². The molecule has 1 atom stereocenters. The molecule has 0 bridgehead atoms. The van der Waals surface area contributed by atoms with E-state index in [0.29, 0.717) is 0 Å². The smallest absolute Gasteiger partial charge is 0.128 e. The first kappa shape index (κ1) is 14.8. The van der Waals surface area contributed by atoms with E-state index in [1.165, 1.54) is 9.13 Å². The van der Waals surface area contributed by atoms with Crippen LogP contribution in [0.4, 0.5) is 0 Å². The maximum atomic E-state index is 6.32. The maximum absolute atomic E-state index is 6.32. The molecule has 0 aliphatic rings. The summed E-state index contributed by atoms with van der Waals surface area (Å²) in [5.41, 5.74) is 4.33. The molecule has 0 saturated heterocycles. The first-order valence-electron chi connectivity index (χ1n) is 6.74. The third kappa shape index (κ3) is 2.81. The molecular weight excluding hydrogens is 399 g/mol. The second-order valence-corrected chi connectivity index (χ2v) is 7.12. The van der Waals surface area contributed by atoms with E-state index in [4.69, 9.17) is 16.6 Å². The molecule has 0 fully saturated rings. The van der Waals surface area contributed by atoms with Crippen molar-refractivity contribution in [3.63, 3.8) is 0 Å². The van der Waals surface area contributed by atoms with Gasteiger partial charge < -0.3 is 4.57 Å². The molecule has 6 heteroatoms. The fourth-order valence-electron chi connectivity index (χ4n) is 2.57. The van der Waals surface area contributed by atoms with Gasteiger partial charge >= 0.3 is 0 Å². The summed E-state index contributed by atoms with van der Waals surface area (Å²) < 4.78 is 5.21. The molecule has 110 valence electrons. The van der Waals surface area contributed by atoms with Gasteiger partial charge in [0, 0.05) is 22.4 Å². The lowest BCUT2D eigenvalue weighted by Gasteiger charge is -2.10. The summed E-state index contributed by atoms with van der Waals surface area (Å²) in [7, 11) is 1.94. The molecule has 0 aliphatic heterocycles. The lowest BCUT2D eigenvalue weighted by molar-refractivity contribution is 0.738. The molecule has 2 heterocycles. The Kier molecular flexibility index (Phi) is 3.96. The number of aromatic nitrogens is 4. The first-order valence-corrected chi connectivity index (χ1v) is 8.26. The quantitative estimate of drug-likeness (QED) is 0.479. The molecule has 21 heavy (non-hydrogen) atoms. The zero-order chi connectivity index (χ0) is 15.1. The van der Waals surface area contributed by atoms with Crippen LogP contribution in [0.5, 0.6) is 0 Å². The largest absolute Gasteiger partial charge is 0.322 e. The topological polar surface area (TPSA) is 35.6 Å². The van der Waals surface area contributed by atoms with E-state index in [9.17, 15) is 0 Å². The van der Waals surface area contributed by atoms with Crippen LogP contribution in [-0.4, -0.2) is 19.3 Å². The maximum Gasteiger partial charge on any atom is 0.128 e. The zero-order valence-electron chi connectivity index (χ0n) is 12.1. The van der Waals surface area contributed by atoms with Gasteiger partial charge in [-0.2, -0.15) is 5.10 Å². The van der Waals surface area contributed by atoms with Gasteiger partial charge in [-0.25, -0.2) is 4.98 Å². The van der Waals surface area contributed by atoms with Crippen molar-refractivity contribution in [3.8, 4) is 0 Å². The Bertz CT molecular complexity index is 803. The Morgan fingerprint density at radius 2 is 2.14 bits per heavy atom. The molecule has 1 aromatic carbocycles. The number of alkyl halides is 1. The van der Waals surface area contributed by atoms with Crippen LogP contribution in [0.1, 0.15) is 29.4 Å². The number of halogens is 2. The van der Waals surface area contributed by atoms with Gasteiger partial charge in [-0.05, 0) is 54.6 Å². The SMILES string of the molecule is Cc1nn(C)cc1Cn1c(C(C)Cl)nc2cc(I)ccc21. The van der Waals surface area contributed by atoms with E-state index in [-0.39, 0.29) is 5.38 Å². The standard InChI is InChI=1S/C15H16ClIN4/c1-9(16)15-18-13-6-12(17)4-5-14(13)21(15)8-11-7-20(3)19-10(11)2/h4-7,9H,8H2,1-3H3. The van der Waals surface area contributed by atoms with Crippen LogP contribution in [0.25, 0.3) is 11.0 Å². The zero-order valence-corrected chi connectivity index (χ0v) is 15.1. The number of hydrogen-bond donors (Lipinski definition) is 0. The van der Waals surface area contributed by atoms with E-state index in [1.54, 1.807) is 0 Å². The second-order valence-electron chi connectivity index (χ2n) is 5.22. The average molecular weight is 415 g/mol. The number of hydrogen-bond acceptors (Lipinski definition) is 2. The highest BCUT2D eigenvalue weighted by Gasteiger charge is 2.16. The lowest BCUT2D eigenvalue weighted by Crippen LogP contribution is -2.06.